The van der Waals surface area contributed by atoms with Gasteiger partial charge in [0.25, 0.3) is 5.91 Å². The fraction of sp³-hybridized carbons (Fsp3) is 0.364. The van der Waals surface area contributed by atoms with E-state index in [1.54, 1.807) is 0 Å². The molecule has 146 valence electrons. The summed E-state index contributed by atoms with van der Waals surface area (Å²) in [5, 5.41) is 6.61. The first-order valence-electron chi connectivity index (χ1n) is 9.65. The molecule has 0 radical (unpaired) electrons. The fourth-order valence-corrected chi connectivity index (χ4v) is 3.84. The molecule has 2 aromatic rings. The highest BCUT2D eigenvalue weighted by atomic mass is 16.5. The van der Waals surface area contributed by atoms with E-state index in [9.17, 15) is 9.59 Å². The number of rotatable bonds is 4. The average molecular weight is 379 g/mol. The Balaban J connectivity index is 1.31. The number of nitrogens with zero attached hydrogens (tertiary/aromatic N) is 1. The lowest BCUT2D eigenvalue weighted by Crippen LogP contribution is -2.63. The van der Waals surface area contributed by atoms with Gasteiger partial charge in [0, 0.05) is 31.6 Å². The number of hydrogen-bond acceptors (Lipinski definition) is 4. The largest absolute Gasteiger partial charge is 0.367 e. The zero-order valence-electron chi connectivity index (χ0n) is 16.0. The number of benzene rings is 2. The summed E-state index contributed by atoms with van der Waals surface area (Å²) >= 11 is 0. The maximum Gasteiger partial charge on any atom is 0.255 e. The van der Waals surface area contributed by atoms with Crippen LogP contribution in [0.4, 0.5) is 5.69 Å². The zero-order chi connectivity index (χ0) is 19.6. The number of anilines is 1. The van der Waals surface area contributed by atoms with E-state index in [4.69, 9.17) is 4.74 Å². The van der Waals surface area contributed by atoms with Crippen LogP contribution < -0.4 is 10.6 Å². The number of nitrogens with one attached hydrogen (secondary N) is 2. The normalized spacial score (nSPS) is 17.6. The third kappa shape index (κ3) is 3.87. The fourth-order valence-electron chi connectivity index (χ4n) is 3.84. The Morgan fingerprint density at radius 3 is 2.61 bits per heavy atom. The highest BCUT2D eigenvalue weighted by molar-refractivity contribution is 6.02. The molecule has 0 unspecified atom stereocenters. The summed E-state index contributed by atoms with van der Waals surface area (Å²) in [4.78, 5) is 26.8. The second-order valence-electron chi connectivity index (χ2n) is 7.57. The van der Waals surface area contributed by atoms with Gasteiger partial charge in [0.1, 0.15) is 12.3 Å². The van der Waals surface area contributed by atoms with Crippen molar-refractivity contribution in [3.8, 4) is 0 Å². The molecule has 1 saturated heterocycles. The molecular formula is C22H25N3O3. The van der Waals surface area contributed by atoms with Gasteiger partial charge in [-0.1, -0.05) is 42.0 Å². The summed E-state index contributed by atoms with van der Waals surface area (Å²) < 4.78 is 5.57. The second-order valence-corrected chi connectivity index (χ2v) is 7.57. The molecular weight excluding hydrogens is 354 g/mol. The van der Waals surface area contributed by atoms with Gasteiger partial charge in [-0.25, -0.2) is 0 Å². The van der Waals surface area contributed by atoms with Gasteiger partial charge in [-0.2, -0.15) is 0 Å². The molecule has 4 rings (SSSR count). The van der Waals surface area contributed by atoms with E-state index in [0.29, 0.717) is 38.1 Å². The first-order chi connectivity index (χ1) is 13.5. The third-order valence-corrected chi connectivity index (χ3v) is 5.45. The Bertz CT molecular complexity index is 874. The van der Waals surface area contributed by atoms with Gasteiger partial charge in [-0.15, -0.1) is 0 Å². The Morgan fingerprint density at radius 2 is 1.86 bits per heavy atom. The van der Waals surface area contributed by atoms with Gasteiger partial charge in [0.15, 0.2) is 0 Å². The lowest BCUT2D eigenvalue weighted by molar-refractivity contribution is -0.138. The third-order valence-electron chi connectivity index (χ3n) is 5.45. The minimum atomic E-state index is -0.485. The van der Waals surface area contributed by atoms with E-state index in [1.165, 1.54) is 0 Å². The number of fused-ring (bicyclic) bond motifs is 1. The van der Waals surface area contributed by atoms with Crippen molar-refractivity contribution in [3.63, 3.8) is 0 Å². The SMILES string of the molecule is Cc1ccc2c(c1)C(=O)NC1(CCN(C(=O)COCc3ccccc3)CC1)N2. The maximum atomic E-state index is 12.6. The molecule has 2 heterocycles. The van der Waals surface area contributed by atoms with Crippen LogP contribution in [0.25, 0.3) is 0 Å². The summed E-state index contributed by atoms with van der Waals surface area (Å²) in [6, 6.07) is 15.7. The quantitative estimate of drug-likeness (QED) is 0.857. The van der Waals surface area contributed by atoms with Crippen molar-refractivity contribution in [1.82, 2.24) is 10.2 Å². The van der Waals surface area contributed by atoms with Crippen LogP contribution in [-0.4, -0.2) is 42.1 Å². The Morgan fingerprint density at radius 1 is 1.11 bits per heavy atom. The number of ether oxygens (including phenoxy) is 1. The van der Waals surface area contributed by atoms with Crippen LogP contribution in [0.15, 0.2) is 48.5 Å². The van der Waals surface area contributed by atoms with Crippen LogP contribution in [0.1, 0.15) is 34.3 Å². The summed E-state index contributed by atoms with van der Waals surface area (Å²) in [6.45, 7) is 3.65. The van der Waals surface area contributed by atoms with Gasteiger partial charge < -0.3 is 20.3 Å². The number of hydrogen-bond donors (Lipinski definition) is 2. The van der Waals surface area contributed by atoms with Gasteiger partial charge >= 0.3 is 0 Å². The molecule has 0 atom stereocenters. The number of piperidine rings is 1. The molecule has 2 aliphatic rings. The van der Waals surface area contributed by atoms with Gasteiger partial charge in [0.05, 0.1) is 12.2 Å². The van der Waals surface area contributed by atoms with E-state index >= 15 is 0 Å². The first-order valence-corrected chi connectivity index (χ1v) is 9.65. The van der Waals surface area contributed by atoms with E-state index in [2.05, 4.69) is 10.6 Å². The van der Waals surface area contributed by atoms with Crippen LogP contribution in [0.2, 0.25) is 0 Å². The van der Waals surface area contributed by atoms with Crippen LogP contribution in [0, 0.1) is 6.92 Å². The van der Waals surface area contributed by atoms with Crippen molar-refractivity contribution >= 4 is 17.5 Å². The average Bonchev–Trinajstić information content (AvgIpc) is 2.70. The Labute approximate surface area is 164 Å². The van der Waals surface area contributed by atoms with Crippen molar-refractivity contribution in [3.05, 3.63) is 65.2 Å². The number of aryl methyl sites for hydroxylation is 1. The molecule has 28 heavy (non-hydrogen) atoms. The molecule has 2 aliphatic heterocycles. The highest BCUT2D eigenvalue weighted by Crippen LogP contribution is 2.31. The second kappa shape index (κ2) is 7.64. The zero-order valence-corrected chi connectivity index (χ0v) is 16.0. The number of carbonyl (C=O) groups is 2. The molecule has 0 aliphatic carbocycles. The van der Waals surface area contributed by atoms with Crippen molar-refractivity contribution in [2.45, 2.75) is 32.0 Å². The van der Waals surface area contributed by atoms with Crippen LogP contribution in [0.3, 0.4) is 0 Å². The lowest BCUT2D eigenvalue weighted by atomic mass is 9.92. The number of likely N-dealkylation sites (tertiary alicyclic amines) is 1. The summed E-state index contributed by atoms with van der Waals surface area (Å²) in [5.74, 6) is -0.0626. The van der Waals surface area contributed by atoms with Crippen LogP contribution in [0.5, 0.6) is 0 Å². The molecule has 6 nitrogen and oxygen atoms in total. The minimum Gasteiger partial charge on any atom is -0.367 e. The molecule has 1 fully saturated rings. The van der Waals surface area contributed by atoms with E-state index in [-0.39, 0.29) is 18.4 Å². The molecule has 2 N–H and O–H groups in total. The molecule has 0 bridgehead atoms. The predicted octanol–water partition coefficient (Wildman–Crippen LogP) is 2.69. The molecule has 2 aromatic carbocycles. The van der Waals surface area contributed by atoms with Crippen molar-refractivity contribution in [1.29, 1.82) is 0 Å². The lowest BCUT2D eigenvalue weighted by Gasteiger charge is -2.45. The molecule has 6 heteroatoms. The molecule has 2 amide bonds. The smallest absolute Gasteiger partial charge is 0.255 e. The van der Waals surface area contributed by atoms with Crippen LogP contribution >= 0.6 is 0 Å². The van der Waals surface area contributed by atoms with Crippen molar-refractivity contribution < 1.29 is 14.3 Å². The van der Waals surface area contributed by atoms with E-state index < -0.39 is 5.66 Å². The summed E-state index contributed by atoms with van der Waals surface area (Å²) in [7, 11) is 0. The first kappa shape index (κ1) is 18.5. The van der Waals surface area contributed by atoms with Gasteiger partial charge in [0.2, 0.25) is 5.91 Å². The Hall–Kier alpha value is -2.86. The topological polar surface area (TPSA) is 70.7 Å². The summed E-state index contributed by atoms with van der Waals surface area (Å²) in [6.07, 6.45) is 1.33. The van der Waals surface area contributed by atoms with Gasteiger partial charge in [-0.05, 0) is 24.6 Å². The predicted molar refractivity (Wildman–Crippen MR) is 107 cm³/mol. The monoisotopic (exact) mass is 379 g/mol. The standard InChI is InChI=1S/C22H25N3O3/c1-16-7-8-19-18(13-16)21(27)24-22(23-19)9-11-25(12-10-22)20(26)15-28-14-17-5-3-2-4-6-17/h2-8,13,23H,9-12,14-15H2,1H3,(H,24,27). The number of amides is 2. The van der Waals surface area contributed by atoms with E-state index in [0.717, 1.165) is 16.8 Å². The minimum absolute atomic E-state index is 0.0102. The van der Waals surface area contributed by atoms with Crippen LogP contribution in [-0.2, 0) is 16.1 Å². The van der Waals surface area contributed by atoms with Crippen molar-refractivity contribution in [2.24, 2.45) is 0 Å². The van der Waals surface area contributed by atoms with Gasteiger partial charge in [-0.3, -0.25) is 9.59 Å². The maximum absolute atomic E-state index is 12.6. The number of carbonyl (C=O) groups excluding carboxylic acids is 2. The summed E-state index contributed by atoms with van der Waals surface area (Å²) in [5.41, 5.74) is 3.17. The molecule has 0 aromatic heterocycles. The molecule has 1 spiro atoms. The van der Waals surface area contributed by atoms with E-state index in [1.807, 2.05) is 60.4 Å². The van der Waals surface area contributed by atoms with Crippen molar-refractivity contribution in [2.75, 3.05) is 25.0 Å². The highest BCUT2D eigenvalue weighted by Gasteiger charge is 2.40. The molecule has 0 saturated carbocycles. The Kier molecular flexibility index (Phi) is 5.05.